The molecule has 5 nitrogen and oxygen atoms in total. The van der Waals surface area contributed by atoms with Crippen LogP contribution in [0.5, 0.6) is 11.6 Å². The van der Waals surface area contributed by atoms with Gasteiger partial charge in [0.1, 0.15) is 5.75 Å². The number of carbonyl (C=O) groups is 1. The van der Waals surface area contributed by atoms with Crippen LogP contribution in [0.4, 0.5) is 4.79 Å². The van der Waals surface area contributed by atoms with E-state index < -0.39 is 6.16 Å². The third-order valence-corrected chi connectivity index (χ3v) is 6.44. The van der Waals surface area contributed by atoms with Gasteiger partial charge in [-0.15, -0.1) is 0 Å². The summed E-state index contributed by atoms with van der Waals surface area (Å²) in [4.78, 5) is 11.4. The fraction of sp³-hybridized carbons (Fsp3) is 0.138. The van der Waals surface area contributed by atoms with Crippen molar-refractivity contribution in [3.63, 3.8) is 0 Å². The molecule has 0 saturated heterocycles. The predicted molar refractivity (Wildman–Crippen MR) is 140 cm³/mol. The van der Waals surface area contributed by atoms with Crippen LogP contribution in [-0.4, -0.2) is 22.4 Å². The van der Waals surface area contributed by atoms with Crippen molar-refractivity contribution in [2.75, 3.05) is 6.61 Å². The molecule has 0 aliphatic carbocycles. The van der Waals surface area contributed by atoms with Gasteiger partial charge in [-0.25, -0.2) is 4.79 Å². The van der Waals surface area contributed by atoms with Gasteiger partial charge in [0.15, 0.2) is 0 Å². The van der Waals surface area contributed by atoms with Crippen LogP contribution in [0.25, 0.3) is 32.8 Å². The lowest BCUT2D eigenvalue weighted by atomic mass is 9.97. The van der Waals surface area contributed by atoms with Gasteiger partial charge >= 0.3 is 6.16 Å². The summed E-state index contributed by atoms with van der Waals surface area (Å²) in [7, 11) is 0. The average molecular weight is 486 g/mol. The van der Waals surface area contributed by atoms with Crippen LogP contribution in [0.2, 0.25) is 5.02 Å². The van der Waals surface area contributed by atoms with Gasteiger partial charge in [-0.1, -0.05) is 72.3 Å². The molecule has 0 amide bonds. The summed E-state index contributed by atoms with van der Waals surface area (Å²) >= 11 is 6.55. The molecule has 4 aromatic carbocycles. The van der Waals surface area contributed by atoms with Crippen molar-refractivity contribution in [3.05, 3.63) is 95.5 Å². The topological polar surface area (TPSA) is 60.7 Å². The van der Waals surface area contributed by atoms with Gasteiger partial charge in [-0.3, -0.25) is 0 Å². The van der Waals surface area contributed by atoms with Crippen LogP contribution in [0.1, 0.15) is 12.0 Å². The van der Waals surface area contributed by atoms with Gasteiger partial charge in [0.2, 0.25) is 5.88 Å². The Labute approximate surface area is 208 Å². The highest BCUT2D eigenvalue weighted by Crippen LogP contribution is 2.39. The number of hydrogen-bond donors (Lipinski definition) is 1. The van der Waals surface area contributed by atoms with Crippen molar-refractivity contribution in [2.45, 2.75) is 19.9 Å². The molecule has 0 saturated carbocycles. The first kappa shape index (κ1) is 22.8. The Hall–Kier alpha value is -3.96. The van der Waals surface area contributed by atoms with Crippen LogP contribution < -0.4 is 9.47 Å². The highest BCUT2D eigenvalue weighted by molar-refractivity contribution is 6.34. The number of hydrogen-bond acceptors (Lipinski definition) is 3. The van der Waals surface area contributed by atoms with Crippen LogP contribution in [0, 0.1) is 6.92 Å². The Bertz CT molecular complexity index is 1510. The second-order valence-electron chi connectivity index (χ2n) is 8.35. The second kappa shape index (κ2) is 9.72. The van der Waals surface area contributed by atoms with Gasteiger partial charge in [-0.2, -0.15) is 0 Å². The molecule has 0 unspecified atom stereocenters. The predicted octanol–water partition coefficient (Wildman–Crippen LogP) is 7.95. The SMILES string of the molecule is Cc1cccc(Cl)c1-c1cccc2c1cc(OC(=O)O)n2CCCOc1cccc2ccccc12. The third-order valence-electron chi connectivity index (χ3n) is 6.12. The highest BCUT2D eigenvalue weighted by atomic mass is 35.5. The maximum atomic E-state index is 11.4. The Balaban J connectivity index is 1.44. The van der Waals surface area contributed by atoms with Crippen molar-refractivity contribution < 1.29 is 19.4 Å². The fourth-order valence-corrected chi connectivity index (χ4v) is 4.91. The second-order valence-corrected chi connectivity index (χ2v) is 8.76. The minimum Gasteiger partial charge on any atom is -0.493 e. The molecule has 0 aliphatic heterocycles. The smallest absolute Gasteiger partial charge is 0.493 e. The van der Waals surface area contributed by atoms with Crippen molar-refractivity contribution >= 4 is 39.4 Å². The van der Waals surface area contributed by atoms with E-state index in [1.54, 1.807) is 6.07 Å². The van der Waals surface area contributed by atoms with E-state index in [1.807, 2.05) is 78.2 Å². The zero-order valence-corrected chi connectivity index (χ0v) is 20.0. The molecular weight excluding hydrogens is 462 g/mol. The molecule has 0 radical (unpaired) electrons. The number of ether oxygens (including phenoxy) is 2. The molecule has 6 heteroatoms. The van der Waals surface area contributed by atoms with E-state index in [2.05, 4.69) is 12.1 Å². The number of fused-ring (bicyclic) bond motifs is 2. The first-order valence-electron chi connectivity index (χ1n) is 11.4. The quantitative estimate of drug-likeness (QED) is 0.188. The molecule has 1 heterocycles. The van der Waals surface area contributed by atoms with E-state index in [0.29, 0.717) is 24.6 Å². The third kappa shape index (κ3) is 4.55. The van der Waals surface area contributed by atoms with Gasteiger partial charge in [0.25, 0.3) is 0 Å². The highest BCUT2D eigenvalue weighted by Gasteiger charge is 2.18. The lowest BCUT2D eigenvalue weighted by Crippen LogP contribution is -2.10. The zero-order chi connectivity index (χ0) is 24.4. The van der Waals surface area contributed by atoms with E-state index in [9.17, 15) is 9.90 Å². The zero-order valence-electron chi connectivity index (χ0n) is 19.2. The van der Waals surface area contributed by atoms with Crippen molar-refractivity contribution in [1.82, 2.24) is 4.57 Å². The van der Waals surface area contributed by atoms with Crippen LogP contribution >= 0.6 is 11.6 Å². The minimum absolute atomic E-state index is 0.273. The van der Waals surface area contributed by atoms with Gasteiger partial charge in [0, 0.05) is 34.0 Å². The Morgan fingerprint density at radius 2 is 1.71 bits per heavy atom. The summed E-state index contributed by atoms with van der Waals surface area (Å²) in [6.07, 6.45) is -0.685. The molecule has 0 fully saturated rings. The minimum atomic E-state index is -1.35. The van der Waals surface area contributed by atoms with Crippen LogP contribution in [0.15, 0.2) is 84.9 Å². The average Bonchev–Trinajstić information content (AvgIpc) is 3.19. The largest absolute Gasteiger partial charge is 0.512 e. The summed E-state index contributed by atoms with van der Waals surface area (Å²) in [6, 6.07) is 27.6. The van der Waals surface area contributed by atoms with E-state index >= 15 is 0 Å². The number of aryl methyl sites for hydroxylation is 2. The summed E-state index contributed by atoms with van der Waals surface area (Å²) in [5, 5.41) is 13.1. The van der Waals surface area contributed by atoms with Crippen LogP contribution in [0.3, 0.4) is 0 Å². The first-order chi connectivity index (χ1) is 17.0. The molecule has 1 aromatic heterocycles. The molecule has 1 N–H and O–H groups in total. The summed E-state index contributed by atoms with van der Waals surface area (Å²) in [6.45, 7) is 3.02. The van der Waals surface area contributed by atoms with E-state index in [0.717, 1.165) is 44.1 Å². The molecule has 0 spiro atoms. The number of benzene rings is 4. The first-order valence-corrected chi connectivity index (χ1v) is 11.8. The van der Waals surface area contributed by atoms with Crippen molar-refractivity contribution in [2.24, 2.45) is 0 Å². The lowest BCUT2D eigenvalue weighted by molar-refractivity contribution is 0.140. The molecule has 35 heavy (non-hydrogen) atoms. The fourth-order valence-electron chi connectivity index (χ4n) is 4.58. The maximum absolute atomic E-state index is 11.4. The normalized spacial score (nSPS) is 11.1. The molecule has 5 aromatic rings. The molecular formula is C29H24ClNO4. The molecule has 5 rings (SSSR count). The Morgan fingerprint density at radius 1 is 0.943 bits per heavy atom. The summed E-state index contributed by atoms with van der Waals surface area (Å²) < 4.78 is 13.1. The van der Waals surface area contributed by atoms with Gasteiger partial charge in [-0.05, 0) is 48.1 Å². The number of aromatic nitrogens is 1. The number of nitrogens with zero attached hydrogens (tertiary/aromatic N) is 1. The van der Waals surface area contributed by atoms with Crippen molar-refractivity contribution in [1.29, 1.82) is 0 Å². The standard InChI is InChI=1S/C29H24ClNO4/c1-19-8-4-13-24(30)28(19)22-12-6-14-25-23(22)18-27(35-29(32)33)31(25)16-7-17-34-26-15-5-10-20-9-2-3-11-21(20)26/h2-6,8-15,18H,7,16-17H2,1H3,(H,32,33). The Kier molecular flexibility index (Phi) is 6.34. The van der Waals surface area contributed by atoms with E-state index in [1.165, 1.54) is 0 Å². The number of halogens is 1. The molecule has 0 bridgehead atoms. The molecule has 176 valence electrons. The summed E-state index contributed by atoms with van der Waals surface area (Å²) in [5.41, 5.74) is 3.79. The monoisotopic (exact) mass is 485 g/mol. The molecule has 0 aliphatic rings. The van der Waals surface area contributed by atoms with Gasteiger partial charge in [0.05, 0.1) is 12.1 Å². The number of carboxylic acid groups (broad SMARTS) is 1. The molecule has 0 atom stereocenters. The van der Waals surface area contributed by atoms with Crippen LogP contribution in [-0.2, 0) is 6.54 Å². The summed E-state index contributed by atoms with van der Waals surface area (Å²) in [5.74, 6) is 1.11. The lowest BCUT2D eigenvalue weighted by Gasteiger charge is -2.13. The van der Waals surface area contributed by atoms with E-state index in [-0.39, 0.29) is 5.88 Å². The Morgan fingerprint density at radius 3 is 2.54 bits per heavy atom. The van der Waals surface area contributed by atoms with Gasteiger partial charge < -0.3 is 19.1 Å². The maximum Gasteiger partial charge on any atom is 0.512 e. The van der Waals surface area contributed by atoms with Crippen molar-refractivity contribution in [3.8, 4) is 22.8 Å². The van der Waals surface area contributed by atoms with E-state index in [4.69, 9.17) is 21.1 Å². The number of rotatable bonds is 7.